The van der Waals surface area contributed by atoms with Crippen LogP contribution in [0.2, 0.25) is 0 Å². The first-order valence-corrected chi connectivity index (χ1v) is 5.75. The molecule has 0 aliphatic carbocycles. The summed E-state index contributed by atoms with van der Waals surface area (Å²) >= 11 is 0. The van der Waals surface area contributed by atoms with Crippen LogP contribution in [0.5, 0.6) is 0 Å². The third-order valence-electron chi connectivity index (χ3n) is 2.51. The average Bonchev–Trinajstić information content (AvgIpc) is 2.79. The van der Waals surface area contributed by atoms with Crippen LogP contribution < -0.4 is 0 Å². The van der Waals surface area contributed by atoms with Gasteiger partial charge in [0.15, 0.2) is 11.7 Å². The first-order valence-electron chi connectivity index (χ1n) is 5.75. The molecule has 2 heterocycles. The minimum Gasteiger partial charge on any atom is -0.441 e. The van der Waals surface area contributed by atoms with Gasteiger partial charge in [-0.1, -0.05) is 19.8 Å². The lowest BCUT2D eigenvalue weighted by atomic mass is 10.2. The highest BCUT2D eigenvalue weighted by Crippen LogP contribution is 2.19. The van der Waals surface area contributed by atoms with Gasteiger partial charge in [-0.3, -0.25) is 4.98 Å². The van der Waals surface area contributed by atoms with E-state index in [1.807, 2.05) is 12.1 Å². The van der Waals surface area contributed by atoms with Crippen molar-refractivity contribution in [1.82, 2.24) is 9.97 Å². The third kappa shape index (κ3) is 2.69. The molecule has 0 saturated heterocycles. The summed E-state index contributed by atoms with van der Waals surface area (Å²) < 4.78 is 5.68. The maximum Gasteiger partial charge on any atom is 0.194 e. The smallest absolute Gasteiger partial charge is 0.194 e. The molecule has 0 saturated carbocycles. The lowest BCUT2D eigenvalue weighted by molar-refractivity contribution is 0.492. The van der Waals surface area contributed by atoms with Crippen molar-refractivity contribution in [2.45, 2.75) is 32.6 Å². The molecule has 0 unspecified atom stereocenters. The van der Waals surface area contributed by atoms with Crippen molar-refractivity contribution in [2.75, 3.05) is 0 Å². The Morgan fingerprint density at radius 3 is 2.75 bits per heavy atom. The number of rotatable bonds is 5. The van der Waals surface area contributed by atoms with E-state index >= 15 is 0 Å². The van der Waals surface area contributed by atoms with Crippen LogP contribution in [0.4, 0.5) is 0 Å². The monoisotopic (exact) mass is 216 g/mol. The SMILES string of the molecule is CCCCCc1ncc(-c2ccncc2)o1. The molecule has 0 aromatic carbocycles. The molecule has 0 radical (unpaired) electrons. The molecule has 2 rings (SSSR count). The molecule has 0 spiro atoms. The summed E-state index contributed by atoms with van der Waals surface area (Å²) in [5, 5.41) is 0. The maximum atomic E-state index is 5.68. The summed E-state index contributed by atoms with van der Waals surface area (Å²) in [5.41, 5.74) is 1.03. The van der Waals surface area contributed by atoms with E-state index in [4.69, 9.17) is 4.42 Å². The fourth-order valence-corrected chi connectivity index (χ4v) is 1.60. The van der Waals surface area contributed by atoms with Gasteiger partial charge in [-0.25, -0.2) is 4.98 Å². The molecule has 2 aromatic heterocycles. The van der Waals surface area contributed by atoms with E-state index in [2.05, 4.69) is 16.9 Å². The first-order chi connectivity index (χ1) is 7.90. The molecule has 16 heavy (non-hydrogen) atoms. The molecular formula is C13H16N2O. The van der Waals surface area contributed by atoms with Gasteiger partial charge in [-0.05, 0) is 18.6 Å². The zero-order valence-electron chi connectivity index (χ0n) is 9.52. The van der Waals surface area contributed by atoms with Gasteiger partial charge in [0, 0.05) is 24.4 Å². The van der Waals surface area contributed by atoms with Crippen molar-refractivity contribution < 1.29 is 4.42 Å². The molecule has 0 fully saturated rings. The van der Waals surface area contributed by atoms with Crippen molar-refractivity contribution in [3.8, 4) is 11.3 Å². The zero-order chi connectivity index (χ0) is 11.2. The van der Waals surface area contributed by atoms with Crippen LogP contribution in [0.1, 0.15) is 32.1 Å². The van der Waals surface area contributed by atoms with Gasteiger partial charge < -0.3 is 4.42 Å². The van der Waals surface area contributed by atoms with E-state index in [1.54, 1.807) is 18.6 Å². The number of unbranched alkanes of at least 4 members (excludes halogenated alkanes) is 2. The number of oxazole rings is 1. The second-order valence-electron chi connectivity index (χ2n) is 3.81. The van der Waals surface area contributed by atoms with Gasteiger partial charge in [0.25, 0.3) is 0 Å². The topological polar surface area (TPSA) is 38.9 Å². The third-order valence-corrected chi connectivity index (χ3v) is 2.51. The van der Waals surface area contributed by atoms with Crippen LogP contribution in [0.3, 0.4) is 0 Å². The van der Waals surface area contributed by atoms with E-state index < -0.39 is 0 Å². The van der Waals surface area contributed by atoms with Crippen molar-refractivity contribution in [1.29, 1.82) is 0 Å². The Morgan fingerprint density at radius 1 is 1.19 bits per heavy atom. The average molecular weight is 216 g/mol. The molecular weight excluding hydrogens is 200 g/mol. The van der Waals surface area contributed by atoms with Crippen molar-refractivity contribution in [3.05, 3.63) is 36.6 Å². The van der Waals surface area contributed by atoms with Crippen molar-refractivity contribution in [2.24, 2.45) is 0 Å². The molecule has 0 bridgehead atoms. The normalized spacial score (nSPS) is 10.6. The van der Waals surface area contributed by atoms with Crippen LogP contribution in [0.15, 0.2) is 35.1 Å². The minimum absolute atomic E-state index is 0.828. The second-order valence-corrected chi connectivity index (χ2v) is 3.81. The molecule has 0 amide bonds. The lowest BCUT2D eigenvalue weighted by Gasteiger charge is -1.95. The fourth-order valence-electron chi connectivity index (χ4n) is 1.60. The molecule has 3 nitrogen and oxygen atoms in total. The van der Waals surface area contributed by atoms with E-state index in [1.165, 1.54) is 12.8 Å². The zero-order valence-corrected chi connectivity index (χ0v) is 9.52. The van der Waals surface area contributed by atoms with Crippen LogP contribution in [-0.4, -0.2) is 9.97 Å². The van der Waals surface area contributed by atoms with Crippen LogP contribution in [0.25, 0.3) is 11.3 Å². The quantitative estimate of drug-likeness (QED) is 0.718. The maximum absolute atomic E-state index is 5.68. The van der Waals surface area contributed by atoms with Crippen LogP contribution >= 0.6 is 0 Å². The molecule has 0 atom stereocenters. The number of hydrogen-bond acceptors (Lipinski definition) is 3. The Kier molecular flexibility index (Phi) is 3.70. The highest BCUT2D eigenvalue weighted by Gasteiger charge is 2.05. The van der Waals surface area contributed by atoms with E-state index in [-0.39, 0.29) is 0 Å². The summed E-state index contributed by atoms with van der Waals surface area (Å²) in [6.07, 6.45) is 9.83. The highest BCUT2D eigenvalue weighted by molar-refractivity contribution is 5.54. The number of aromatic nitrogens is 2. The van der Waals surface area contributed by atoms with Crippen molar-refractivity contribution in [3.63, 3.8) is 0 Å². The summed E-state index contributed by atoms with van der Waals surface area (Å²) in [4.78, 5) is 8.25. The number of aryl methyl sites for hydroxylation is 1. The Hall–Kier alpha value is -1.64. The molecule has 3 heteroatoms. The molecule has 0 aliphatic heterocycles. The van der Waals surface area contributed by atoms with Crippen LogP contribution in [-0.2, 0) is 6.42 Å². The standard InChI is InChI=1S/C13H16N2O/c1-2-3-4-5-13-15-10-12(16-13)11-6-8-14-9-7-11/h6-10H,2-5H2,1H3. The van der Waals surface area contributed by atoms with Gasteiger partial charge in [0.05, 0.1) is 6.20 Å². The van der Waals surface area contributed by atoms with Gasteiger partial charge in [0.1, 0.15) is 0 Å². The Morgan fingerprint density at radius 2 is 2.00 bits per heavy atom. The Labute approximate surface area is 95.5 Å². The minimum atomic E-state index is 0.828. The van der Waals surface area contributed by atoms with Gasteiger partial charge in [-0.15, -0.1) is 0 Å². The summed E-state index contributed by atoms with van der Waals surface area (Å²) in [6, 6.07) is 3.85. The second kappa shape index (κ2) is 5.45. The fraction of sp³-hybridized carbons (Fsp3) is 0.385. The van der Waals surface area contributed by atoms with Gasteiger partial charge in [0.2, 0.25) is 0 Å². The lowest BCUT2D eigenvalue weighted by Crippen LogP contribution is -1.83. The predicted molar refractivity (Wildman–Crippen MR) is 63.0 cm³/mol. The summed E-state index contributed by atoms with van der Waals surface area (Å²) in [5.74, 6) is 1.66. The number of nitrogens with zero attached hydrogens (tertiary/aromatic N) is 2. The molecule has 0 N–H and O–H groups in total. The van der Waals surface area contributed by atoms with E-state index in [0.717, 1.165) is 30.1 Å². The Bertz CT molecular complexity index is 423. The van der Waals surface area contributed by atoms with E-state index in [0.29, 0.717) is 0 Å². The molecule has 2 aromatic rings. The summed E-state index contributed by atoms with van der Waals surface area (Å²) in [7, 11) is 0. The van der Waals surface area contributed by atoms with E-state index in [9.17, 15) is 0 Å². The molecule has 84 valence electrons. The number of hydrogen-bond donors (Lipinski definition) is 0. The summed E-state index contributed by atoms with van der Waals surface area (Å²) in [6.45, 7) is 2.19. The number of pyridine rings is 1. The van der Waals surface area contributed by atoms with Crippen molar-refractivity contribution >= 4 is 0 Å². The van der Waals surface area contributed by atoms with Gasteiger partial charge in [-0.2, -0.15) is 0 Å². The predicted octanol–water partition coefficient (Wildman–Crippen LogP) is 3.47. The Balaban J connectivity index is 2.02. The van der Waals surface area contributed by atoms with Gasteiger partial charge >= 0.3 is 0 Å². The molecule has 0 aliphatic rings. The van der Waals surface area contributed by atoms with Crippen LogP contribution in [0, 0.1) is 0 Å². The largest absolute Gasteiger partial charge is 0.441 e. The highest BCUT2D eigenvalue weighted by atomic mass is 16.4. The first kappa shape index (κ1) is 10.9.